The lowest BCUT2D eigenvalue weighted by atomic mass is 10.4. The average molecular weight is 249 g/mol. The van der Waals surface area contributed by atoms with Crippen LogP contribution in [-0.4, -0.2) is 29.8 Å². The van der Waals surface area contributed by atoms with Gasteiger partial charge in [0.15, 0.2) is 17.3 Å². The maximum absolute atomic E-state index is 13.6. The van der Waals surface area contributed by atoms with Gasteiger partial charge in [0, 0.05) is 6.07 Å². The van der Waals surface area contributed by atoms with Crippen LogP contribution in [0, 0.1) is 11.6 Å². The lowest BCUT2D eigenvalue weighted by molar-refractivity contribution is 0.459. The summed E-state index contributed by atoms with van der Waals surface area (Å²) in [7, 11) is 0. The van der Waals surface area contributed by atoms with E-state index in [2.05, 4.69) is 20.1 Å². The number of fused-ring (bicyclic) bond motifs is 1. The van der Waals surface area contributed by atoms with E-state index < -0.39 is 11.6 Å². The van der Waals surface area contributed by atoms with Gasteiger partial charge in [-0.05, 0) is 0 Å². The molecule has 3 rings (SSSR count). The Balaban J connectivity index is 2.29. The molecule has 0 aromatic carbocycles. The van der Waals surface area contributed by atoms with Crippen LogP contribution in [0.3, 0.4) is 0 Å². The Bertz CT molecular complexity index is 742. The zero-order valence-corrected chi connectivity index (χ0v) is 8.75. The smallest absolute Gasteiger partial charge is 0.225 e. The highest BCUT2D eigenvalue weighted by Gasteiger charge is 2.14. The van der Waals surface area contributed by atoms with Crippen molar-refractivity contribution in [2.45, 2.75) is 0 Å². The summed E-state index contributed by atoms with van der Waals surface area (Å²) in [5.41, 5.74) is 0.181. The van der Waals surface area contributed by atoms with Crippen molar-refractivity contribution in [1.29, 1.82) is 0 Å². The average Bonchev–Trinajstić information content (AvgIpc) is 2.74. The molecular weight excluding hydrogens is 244 g/mol. The summed E-state index contributed by atoms with van der Waals surface area (Å²) < 4.78 is 27.4. The van der Waals surface area contributed by atoms with E-state index in [9.17, 15) is 13.9 Å². The number of hydrogen-bond acceptors (Lipinski definition) is 5. The van der Waals surface area contributed by atoms with Gasteiger partial charge >= 0.3 is 0 Å². The Morgan fingerprint density at radius 3 is 2.72 bits per heavy atom. The summed E-state index contributed by atoms with van der Waals surface area (Å²) in [4.78, 5) is 11.0. The molecule has 1 N–H and O–H groups in total. The molecule has 3 aromatic rings. The third kappa shape index (κ3) is 1.46. The van der Waals surface area contributed by atoms with Gasteiger partial charge < -0.3 is 5.11 Å². The first kappa shape index (κ1) is 10.5. The monoisotopic (exact) mass is 249 g/mol. The topological polar surface area (TPSA) is 76.7 Å². The number of pyridine rings is 1. The summed E-state index contributed by atoms with van der Waals surface area (Å²) in [5, 5.41) is 13.6. The fraction of sp³-hybridized carbons (Fsp3) is 0. The molecule has 0 fully saturated rings. The van der Waals surface area contributed by atoms with E-state index in [1.165, 1.54) is 6.20 Å². The third-order valence-corrected chi connectivity index (χ3v) is 2.33. The van der Waals surface area contributed by atoms with Gasteiger partial charge in [0.25, 0.3) is 0 Å². The lowest BCUT2D eigenvalue weighted by Crippen LogP contribution is -2.04. The number of aromatic nitrogens is 5. The van der Waals surface area contributed by atoms with E-state index in [1.54, 1.807) is 0 Å². The molecule has 0 saturated heterocycles. The summed E-state index contributed by atoms with van der Waals surface area (Å²) >= 11 is 0. The predicted molar refractivity (Wildman–Crippen MR) is 56.0 cm³/mol. The van der Waals surface area contributed by atoms with E-state index in [0.717, 1.165) is 17.2 Å². The fourth-order valence-electron chi connectivity index (χ4n) is 1.55. The van der Waals surface area contributed by atoms with Crippen LogP contribution in [0.15, 0.2) is 24.8 Å². The molecule has 0 aliphatic rings. The third-order valence-electron chi connectivity index (χ3n) is 2.33. The second-order valence-corrected chi connectivity index (χ2v) is 3.45. The molecule has 0 aliphatic heterocycles. The van der Waals surface area contributed by atoms with Gasteiger partial charge in [0.05, 0.1) is 12.4 Å². The van der Waals surface area contributed by atoms with Crippen LogP contribution in [0.2, 0.25) is 0 Å². The van der Waals surface area contributed by atoms with Crippen LogP contribution < -0.4 is 0 Å². The van der Waals surface area contributed by atoms with Crippen molar-refractivity contribution in [1.82, 2.24) is 24.7 Å². The minimum absolute atomic E-state index is 0.181. The Kier molecular flexibility index (Phi) is 2.15. The molecule has 0 bridgehead atoms. The van der Waals surface area contributed by atoms with Gasteiger partial charge in [0.1, 0.15) is 17.5 Å². The zero-order chi connectivity index (χ0) is 12.7. The highest BCUT2D eigenvalue weighted by atomic mass is 19.1. The Labute approximate surface area is 98.6 Å². The minimum atomic E-state index is -0.877. The van der Waals surface area contributed by atoms with Gasteiger partial charge in [-0.3, -0.25) is 0 Å². The van der Waals surface area contributed by atoms with Crippen molar-refractivity contribution in [3.8, 4) is 11.7 Å². The zero-order valence-electron chi connectivity index (χ0n) is 8.75. The minimum Gasteiger partial charge on any atom is -0.493 e. The quantitative estimate of drug-likeness (QED) is 0.701. The number of nitrogens with zero attached hydrogens (tertiary/aromatic N) is 5. The maximum Gasteiger partial charge on any atom is 0.225 e. The van der Waals surface area contributed by atoms with Crippen LogP contribution in [-0.2, 0) is 0 Å². The lowest BCUT2D eigenvalue weighted by Gasteiger charge is -2.02. The molecule has 6 nitrogen and oxygen atoms in total. The number of rotatable bonds is 1. The van der Waals surface area contributed by atoms with Crippen LogP contribution in [0.25, 0.3) is 16.9 Å². The van der Waals surface area contributed by atoms with Gasteiger partial charge in [-0.15, -0.1) is 0 Å². The normalized spacial score (nSPS) is 11.0. The maximum atomic E-state index is 13.6. The Morgan fingerprint density at radius 1 is 1.11 bits per heavy atom. The van der Waals surface area contributed by atoms with E-state index in [1.807, 2.05) is 0 Å². The van der Waals surface area contributed by atoms with Crippen LogP contribution in [0.4, 0.5) is 8.78 Å². The second-order valence-electron chi connectivity index (χ2n) is 3.45. The molecule has 0 atom stereocenters. The summed E-state index contributed by atoms with van der Waals surface area (Å²) in [6.45, 7) is 0. The first-order valence-corrected chi connectivity index (χ1v) is 4.86. The largest absolute Gasteiger partial charge is 0.493 e. The highest BCUT2D eigenvalue weighted by Crippen LogP contribution is 2.22. The van der Waals surface area contributed by atoms with E-state index in [-0.39, 0.29) is 22.7 Å². The predicted octanol–water partition coefficient (Wildman–Crippen LogP) is 1.19. The molecular formula is C10H5F2N5O. The molecule has 90 valence electrons. The summed E-state index contributed by atoms with van der Waals surface area (Å²) in [5.74, 6) is -2.14. The van der Waals surface area contributed by atoms with Crippen LogP contribution in [0.5, 0.6) is 5.88 Å². The molecule has 3 heterocycles. The fourth-order valence-corrected chi connectivity index (χ4v) is 1.55. The van der Waals surface area contributed by atoms with Crippen LogP contribution in [0.1, 0.15) is 0 Å². The standard InChI is InChI=1S/C10H5F2N5O/c11-5-1-7(12)9(13-2-5)17-8-6(3-16-17)10(18)15-4-14-8/h1-4H,(H,14,15,18). The molecule has 0 spiro atoms. The van der Waals surface area contributed by atoms with Gasteiger partial charge in [-0.1, -0.05) is 0 Å². The SMILES string of the molecule is Oc1ncnc2c1cnn2-c1ncc(F)cc1F. The van der Waals surface area contributed by atoms with E-state index >= 15 is 0 Å². The van der Waals surface area contributed by atoms with Crippen molar-refractivity contribution in [3.05, 3.63) is 36.4 Å². The molecule has 0 unspecified atom stereocenters. The second kappa shape index (κ2) is 3.69. The summed E-state index contributed by atoms with van der Waals surface area (Å²) in [6.07, 6.45) is 3.25. The molecule has 0 radical (unpaired) electrons. The first-order valence-electron chi connectivity index (χ1n) is 4.86. The van der Waals surface area contributed by atoms with Crippen molar-refractivity contribution >= 4 is 11.0 Å². The number of halogens is 2. The Hall–Kier alpha value is -2.64. The summed E-state index contributed by atoms with van der Waals surface area (Å²) in [6, 6.07) is 0.691. The van der Waals surface area contributed by atoms with Crippen molar-refractivity contribution < 1.29 is 13.9 Å². The van der Waals surface area contributed by atoms with Crippen molar-refractivity contribution in [2.75, 3.05) is 0 Å². The van der Waals surface area contributed by atoms with Gasteiger partial charge in [-0.25, -0.2) is 23.7 Å². The van der Waals surface area contributed by atoms with Crippen molar-refractivity contribution in [2.24, 2.45) is 0 Å². The molecule has 0 aliphatic carbocycles. The van der Waals surface area contributed by atoms with E-state index in [4.69, 9.17) is 0 Å². The first-order chi connectivity index (χ1) is 8.66. The molecule has 0 amide bonds. The number of aromatic hydroxyl groups is 1. The highest BCUT2D eigenvalue weighted by molar-refractivity contribution is 5.80. The van der Waals surface area contributed by atoms with Gasteiger partial charge in [0.2, 0.25) is 5.88 Å². The molecule has 0 saturated carbocycles. The molecule has 18 heavy (non-hydrogen) atoms. The molecule has 8 heteroatoms. The van der Waals surface area contributed by atoms with Gasteiger partial charge in [-0.2, -0.15) is 9.78 Å². The van der Waals surface area contributed by atoms with Crippen molar-refractivity contribution in [3.63, 3.8) is 0 Å². The molecule has 3 aromatic heterocycles. The van der Waals surface area contributed by atoms with Crippen LogP contribution >= 0.6 is 0 Å². The Morgan fingerprint density at radius 2 is 1.94 bits per heavy atom. The van der Waals surface area contributed by atoms with E-state index in [0.29, 0.717) is 6.07 Å². The number of hydrogen-bond donors (Lipinski definition) is 1.